The first-order valence-corrected chi connectivity index (χ1v) is 9.55. The average molecular weight is 360 g/mol. The number of thiophene rings is 1. The Kier molecular flexibility index (Phi) is 4.25. The van der Waals surface area contributed by atoms with Gasteiger partial charge < -0.3 is 10.0 Å². The van der Waals surface area contributed by atoms with Crippen LogP contribution in [0, 0.1) is 5.82 Å². The molecule has 2 aromatic rings. The van der Waals surface area contributed by atoms with E-state index in [0.717, 1.165) is 31.2 Å². The summed E-state index contributed by atoms with van der Waals surface area (Å²) in [6, 6.07) is 7.12. The van der Waals surface area contributed by atoms with Crippen molar-refractivity contribution < 1.29 is 14.3 Å². The van der Waals surface area contributed by atoms with Crippen LogP contribution >= 0.6 is 11.3 Å². The molecule has 1 aromatic heterocycles. The zero-order chi connectivity index (χ0) is 17.6. The summed E-state index contributed by atoms with van der Waals surface area (Å²) in [6.45, 7) is 0. The predicted octanol–water partition coefficient (Wildman–Crippen LogP) is 4.66. The summed E-state index contributed by atoms with van der Waals surface area (Å²) in [5, 5.41) is 13.8. The van der Waals surface area contributed by atoms with Crippen molar-refractivity contribution in [2.75, 3.05) is 11.9 Å². The predicted molar refractivity (Wildman–Crippen MR) is 97.8 cm³/mol. The molecule has 25 heavy (non-hydrogen) atoms. The number of hydrogen-bond acceptors (Lipinski definition) is 3. The standard InChI is InChI=1S/C19H21FN2O2S/c1-21-14-3-4-15(21)10-16(9-14)22(19(23)24)18-5-2-13(20)8-17(18)12-6-7-25-11-12/h2,5-8,11,14-16H,3-4,9-10H2,1H3,(H,23,24)/t14-,15+,16+. The highest BCUT2D eigenvalue weighted by Crippen LogP contribution is 2.40. The Labute approximate surface area is 150 Å². The van der Waals surface area contributed by atoms with Gasteiger partial charge >= 0.3 is 6.09 Å². The molecular formula is C19H21FN2O2S. The number of fused-ring (bicyclic) bond motifs is 2. The molecule has 0 unspecified atom stereocenters. The van der Waals surface area contributed by atoms with Crippen LogP contribution in [0.4, 0.5) is 14.9 Å². The van der Waals surface area contributed by atoms with Crippen LogP contribution in [0.1, 0.15) is 25.7 Å². The first-order valence-electron chi connectivity index (χ1n) is 8.61. The van der Waals surface area contributed by atoms with Gasteiger partial charge in [0.25, 0.3) is 0 Å². The van der Waals surface area contributed by atoms with Gasteiger partial charge in [-0.3, -0.25) is 4.90 Å². The molecule has 0 saturated carbocycles. The molecule has 4 rings (SSSR count). The molecule has 1 amide bonds. The van der Waals surface area contributed by atoms with Crippen LogP contribution in [-0.2, 0) is 0 Å². The molecule has 3 heterocycles. The van der Waals surface area contributed by atoms with Crippen LogP contribution < -0.4 is 4.90 Å². The second-order valence-corrected chi connectivity index (χ2v) is 7.78. The first-order chi connectivity index (χ1) is 12.0. The number of benzene rings is 1. The minimum Gasteiger partial charge on any atom is -0.465 e. The molecule has 132 valence electrons. The molecule has 2 bridgehead atoms. The second kappa shape index (κ2) is 6.42. The van der Waals surface area contributed by atoms with Crippen molar-refractivity contribution in [1.82, 2.24) is 4.90 Å². The highest BCUT2D eigenvalue weighted by Gasteiger charge is 2.42. The quantitative estimate of drug-likeness (QED) is 0.865. The summed E-state index contributed by atoms with van der Waals surface area (Å²) < 4.78 is 13.9. The van der Waals surface area contributed by atoms with E-state index in [2.05, 4.69) is 11.9 Å². The minimum absolute atomic E-state index is 0.0611. The Balaban J connectivity index is 1.74. The maximum absolute atomic E-state index is 13.9. The summed E-state index contributed by atoms with van der Waals surface area (Å²) in [7, 11) is 2.14. The number of rotatable bonds is 3. The molecule has 0 aliphatic carbocycles. The maximum atomic E-state index is 13.9. The van der Waals surface area contributed by atoms with E-state index in [1.165, 1.54) is 28.4 Å². The van der Waals surface area contributed by atoms with Crippen LogP contribution in [0.25, 0.3) is 11.1 Å². The molecule has 0 radical (unpaired) electrons. The van der Waals surface area contributed by atoms with Crippen molar-refractivity contribution in [3.63, 3.8) is 0 Å². The molecule has 3 atom stereocenters. The molecular weight excluding hydrogens is 339 g/mol. The third-order valence-corrected chi connectivity index (χ3v) is 6.38. The average Bonchev–Trinajstić information content (AvgIpc) is 3.16. The van der Waals surface area contributed by atoms with Gasteiger partial charge in [-0.05, 0) is 73.3 Å². The number of halogens is 1. The van der Waals surface area contributed by atoms with E-state index in [-0.39, 0.29) is 11.9 Å². The lowest BCUT2D eigenvalue weighted by atomic mass is 9.95. The van der Waals surface area contributed by atoms with E-state index < -0.39 is 6.09 Å². The van der Waals surface area contributed by atoms with E-state index in [0.29, 0.717) is 23.3 Å². The zero-order valence-corrected chi connectivity index (χ0v) is 14.9. The van der Waals surface area contributed by atoms with Crippen molar-refractivity contribution in [3.8, 4) is 11.1 Å². The molecule has 6 heteroatoms. The molecule has 1 N–H and O–H groups in total. The fraction of sp³-hybridized carbons (Fsp3) is 0.421. The lowest BCUT2D eigenvalue weighted by Crippen LogP contribution is -2.50. The molecule has 2 saturated heterocycles. The van der Waals surface area contributed by atoms with Gasteiger partial charge in [-0.15, -0.1) is 0 Å². The Bertz CT molecular complexity index is 766. The molecule has 4 nitrogen and oxygen atoms in total. The third kappa shape index (κ3) is 2.93. The van der Waals surface area contributed by atoms with Crippen LogP contribution in [0.2, 0.25) is 0 Å². The number of hydrogen-bond donors (Lipinski definition) is 1. The van der Waals surface area contributed by atoms with E-state index in [1.54, 1.807) is 6.07 Å². The van der Waals surface area contributed by atoms with Gasteiger partial charge in [0, 0.05) is 23.7 Å². The number of anilines is 1. The highest BCUT2D eigenvalue weighted by molar-refractivity contribution is 7.08. The van der Waals surface area contributed by atoms with Gasteiger partial charge in [0.2, 0.25) is 0 Å². The molecule has 1 aromatic carbocycles. The van der Waals surface area contributed by atoms with Gasteiger partial charge in [-0.1, -0.05) is 0 Å². The SMILES string of the molecule is CN1[C@@H]2CC[C@H]1C[C@@H](N(C(=O)O)c1ccc(F)cc1-c1ccsc1)C2. The van der Waals surface area contributed by atoms with Crippen LogP contribution in [0.3, 0.4) is 0 Å². The fourth-order valence-electron chi connectivity index (χ4n) is 4.42. The van der Waals surface area contributed by atoms with Gasteiger partial charge in [0.15, 0.2) is 0 Å². The van der Waals surface area contributed by atoms with Crippen molar-refractivity contribution in [2.45, 2.75) is 43.8 Å². The summed E-state index contributed by atoms with van der Waals surface area (Å²) in [6.07, 6.45) is 2.97. The Morgan fingerprint density at radius 3 is 2.60 bits per heavy atom. The summed E-state index contributed by atoms with van der Waals surface area (Å²) in [5.74, 6) is -0.348. The topological polar surface area (TPSA) is 43.8 Å². The highest BCUT2D eigenvalue weighted by atomic mass is 32.1. The normalized spacial score (nSPS) is 25.9. The van der Waals surface area contributed by atoms with Gasteiger partial charge in [-0.25, -0.2) is 9.18 Å². The van der Waals surface area contributed by atoms with Crippen molar-refractivity contribution >= 4 is 23.1 Å². The molecule has 2 fully saturated rings. The number of nitrogens with zero attached hydrogens (tertiary/aromatic N) is 2. The van der Waals surface area contributed by atoms with Crippen LogP contribution in [0.5, 0.6) is 0 Å². The molecule has 2 aliphatic heterocycles. The fourth-order valence-corrected chi connectivity index (χ4v) is 5.07. The van der Waals surface area contributed by atoms with E-state index >= 15 is 0 Å². The van der Waals surface area contributed by atoms with E-state index in [4.69, 9.17) is 0 Å². The van der Waals surface area contributed by atoms with E-state index in [1.807, 2.05) is 16.8 Å². The maximum Gasteiger partial charge on any atom is 0.412 e. The number of piperidine rings is 1. The smallest absolute Gasteiger partial charge is 0.412 e. The first kappa shape index (κ1) is 16.5. The lowest BCUT2D eigenvalue weighted by Gasteiger charge is -2.41. The van der Waals surface area contributed by atoms with Crippen molar-refractivity contribution in [1.29, 1.82) is 0 Å². The second-order valence-electron chi connectivity index (χ2n) is 7.00. The number of carbonyl (C=O) groups is 1. The number of amides is 1. The van der Waals surface area contributed by atoms with Crippen LogP contribution in [0.15, 0.2) is 35.0 Å². The lowest BCUT2D eigenvalue weighted by molar-refractivity contribution is 0.151. The largest absolute Gasteiger partial charge is 0.465 e. The van der Waals surface area contributed by atoms with Crippen molar-refractivity contribution in [2.24, 2.45) is 0 Å². The van der Waals surface area contributed by atoms with Gasteiger partial charge in [0.05, 0.1) is 5.69 Å². The van der Waals surface area contributed by atoms with Crippen molar-refractivity contribution in [3.05, 3.63) is 40.8 Å². The minimum atomic E-state index is -0.961. The molecule has 0 spiro atoms. The Morgan fingerprint density at radius 1 is 1.28 bits per heavy atom. The van der Waals surface area contributed by atoms with Crippen LogP contribution in [-0.4, -0.2) is 41.3 Å². The molecule has 2 aliphatic rings. The Hall–Kier alpha value is -1.92. The Morgan fingerprint density at radius 2 is 2.00 bits per heavy atom. The van der Waals surface area contributed by atoms with Gasteiger partial charge in [0.1, 0.15) is 5.82 Å². The van der Waals surface area contributed by atoms with Gasteiger partial charge in [-0.2, -0.15) is 11.3 Å². The summed E-state index contributed by atoms with van der Waals surface area (Å²) in [4.78, 5) is 16.0. The third-order valence-electron chi connectivity index (χ3n) is 5.69. The zero-order valence-electron chi connectivity index (χ0n) is 14.1. The monoisotopic (exact) mass is 360 g/mol. The van der Waals surface area contributed by atoms with E-state index in [9.17, 15) is 14.3 Å². The summed E-state index contributed by atoms with van der Waals surface area (Å²) >= 11 is 1.52. The number of carboxylic acid groups (broad SMARTS) is 1. The summed E-state index contributed by atoms with van der Waals surface area (Å²) in [5.41, 5.74) is 2.10.